The number of anilines is 1. The van der Waals surface area contributed by atoms with E-state index in [0.29, 0.717) is 38.3 Å². The summed E-state index contributed by atoms with van der Waals surface area (Å²) in [6.45, 7) is 5.29. The predicted octanol–water partition coefficient (Wildman–Crippen LogP) is 4.22. The molecule has 1 aliphatic rings. The summed E-state index contributed by atoms with van der Waals surface area (Å²) in [5, 5.41) is 5.22. The van der Waals surface area contributed by atoms with Gasteiger partial charge in [-0.2, -0.15) is 5.10 Å². The van der Waals surface area contributed by atoms with Crippen molar-refractivity contribution in [1.29, 1.82) is 0 Å². The van der Waals surface area contributed by atoms with Crippen molar-refractivity contribution in [2.24, 2.45) is 0 Å². The van der Waals surface area contributed by atoms with Crippen LogP contribution in [-0.4, -0.2) is 51.8 Å². The number of amides is 1. The fraction of sp³-hybridized carbons (Fsp3) is 0.240. The van der Waals surface area contributed by atoms with Crippen LogP contribution in [-0.2, 0) is 6.54 Å². The van der Waals surface area contributed by atoms with Crippen molar-refractivity contribution in [3.05, 3.63) is 78.2 Å². The fourth-order valence-electron chi connectivity index (χ4n) is 4.20. The highest BCUT2D eigenvalue weighted by atomic mass is 19.1. The maximum Gasteiger partial charge on any atom is 0.254 e. The topological polar surface area (TPSA) is 54.3 Å². The van der Waals surface area contributed by atoms with Gasteiger partial charge in [0.05, 0.1) is 22.8 Å². The normalized spacial score (nSPS) is 14.2. The minimum absolute atomic E-state index is 0.0102. The number of fused-ring (bicyclic) bond motifs is 1. The second-order valence-corrected chi connectivity index (χ2v) is 7.87. The molecule has 0 unspecified atom stereocenters. The van der Waals surface area contributed by atoms with Gasteiger partial charge in [-0.1, -0.05) is 30.3 Å². The molecule has 0 radical (unpaired) electrons. The first-order valence-electron chi connectivity index (χ1n) is 10.9. The summed E-state index contributed by atoms with van der Waals surface area (Å²) >= 11 is 0. The molecule has 2 aromatic heterocycles. The Hall–Kier alpha value is -3.74. The van der Waals surface area contributed by atoms with Gasteiger partial charge in [-0.25, -0.2) is 14.1 Å². The van der Waals surface area contributed by atoms with Gasteiger partial charge in [0.15, 0.2) is 5.65 Å². The number of hydrogen-bond acceptors (Lipinski definition) is 4. The van der Waals surface area contributed by atoms with E-state index in [9.17, 15) is 9.18 Å². The number of aromatic nitrogens is 3. The highest BCUT2D eigenvalue weighted by Crippen LogP contribution is 2.27. The molecule has 6 nitrogen and oxygen atoms in total. The quantitative estimate of drug-likeness (QED) is 0.487. The molecule has 2 aromatic carbocycles. The molecule has 0 saturated carbocycles. The van der Waals surface area contributed by atoms with Crippen molar-refractivity contribution in [3.63, 3.8) is 0 Å². The van der Waals surface area contributed by atoms with Crippen LogP contribution in [0.15, 0.2) is 66.9 Å². The van der Waals surface area contributed by atoms with Crippen molar-refractivity contribution >= 4 is 22.6 Å². The lowest BCUT2D eigenvalue weighted by Gasteiger charge is -2.36. The molecule has 0 spiro atoms. The number of halogens is 1. The first-order valence-corrected chi connectivity index (χ1v) is 10.9. The number of benzene rings is 2. The summed E-state index contributed by atoms with van der Waals surface area (Å²) in [4.78, 5) is 22.4. The van der Waals surface area contributed by atoms with E-state index in [1.807, 2.05) is 52.9 Å². The Morgan fingerprint density at radius 2 is 1.72 bits per heavy atom. The Morgan fingerprint density at radius 1 is 1.00 bits per heavy atom. The molecule has 0 bridgehead atoms. The minimum atomic E-state index is -0.244. The largest absolute Gasteiger partial charge is 0.368 e. The number of carbonyl (C=O) groups is 1. The number of hydrogen-bond donors (Lipinski definition) is 0. The standard InChI is InChI=1S/C25H24FN5O/c1-2-31-24-22(17-27-31)21(16-23(28-24)18-6-4-3-5-7-18)25(32)30-14-12-29(13-15-30)20-10-8-19(26)9-11-20/h3-11,16-17H,2,12-15H2,1H3. The molecule has 4 aromatic rings. The van der Waals surface area contributed by atoms with Crippen LogP contribution in [0.5, 0.6) is 0 Å². The number of nitrogens with zero attached hydrogens (tertiary/aromatic N) is 5. The minimum Gasteiger partial charge on any atom is -0.368 e. The summed E-state index contributed by atoms with van der Waals surface area (Å²) in [5.41, 5.74) is 4.06. The van der Waals surface area contributed by atoms with E-state index in [1.54, 1.807) is 18.3 Å². The van der Waals surface area contributed by atoms with Crippen LogP contribution >= 0.6 is 0 Å². The lowest BCUT2D eigenvalue weighted by molar-refractivity contribution is 0.0748. The SMILES string of the molecule is CCn1ncc2c(C(=O)N3CCN(c4ccc(F)cc4)CC3)cc(-c3ccccc3)nc21. The first-order chi connectivity index (χ1) is 15.6. The van der Waals surface area contributed by atoms with Gasteiger partial charge in [0.1, 0.15) is 5.82 Å². The van der Waals surface area contributed by atoms with Gasteiger partial charge < -0.3 is 9.80 Å². The summed E-state index contributed by atoms with van der Waals surface area (Å²) in [6.07, 6.45) is 1.74. The van der Waals surface area contributed by atoms with Gasteiger partial charge in [0.2, 0.25) is 0 Å². The molecule has 3 heterocycles. The molecule has 0 atom stereocenters. The van der Waals surface area contributed by atoms with E-state index >= 15 is 0 Å². The van der Waals surface area contributed by atoms with Crippen LogP contribution in [0.4, 0.5) is 10.1 Å². The van der Waals surface area contributed by atoms with Crippen LogP contribution < -0.4 is 4.90 Å². The molecule has 1 saturated heterocycles. The molecular formula is C25H24FN5O. The average molecular weight is 429 g/mol. The Bertz CT molecular complexity index is 1240. The number of carbonyl (C=O) groups excluding carboxylic acids is 1. The van der Waals surface area contributed by atoms with Crippen LogP contribution in [0, 0.1) is 5.82 Å². The monoisotopic (exact) mass is 429 g/mol. The van der Waals surface area contributed by atoms with E-state index in [4.69, 9.17) is 4.98 Å². The average Bonchev–Trinajstić information content (AvgIpc) is 3.27. The highest BCUT2D eigenvalue weighted by Gasteiger charge is 2.25. The van der Waals surface area contributed by atoms with Gasteiger partial charge in [-0.15, -0.1) is 0 Å². The summed E-state index contributed by atoms with van der Waals surface area (Å²) in [6, 6.07) is 18.3. The molecule has 162 valence electrons. The number of aryl methyl sites for hydroxylation is 1. The van der Waals surface area contributed by atoms with E-state index < -0.39 is 0 Å². The molecule has 1 amide bonds. The van der Waals surface area contributed by atoms with Crippen molar-refractivity contribution in [2.45, 2.75) is 13.5 Å². The number of piperazine rings is 1. The van der Waals surface area contributed by atoms with Crippen molar-refractivity contribution in [1.82, 2.24) is 19.7 Å². The van der Waals surface area contributed by atoms with Gasteiger partial charge in [0, 0.05) is 44.0 Å². The third-order valence-electron chi connectivity index (χ3n) is 5.97. The molecular weight excluding hydrogens is 405 g/mol. The van der Waals surface area contributed by atoms with Crippen LogP contribution in [0.3, 0.4) is 0 Å². The first kappa shape index (κ1) is 20.2. The van der Waals surface area contributed by atoms with Gasteiger partial charge in [-0.3, -0.25) is 4.79 Å². The van der Waals surface area contributed by atoms with E-state index in [1.165, 1.54) is 12.1 Å². The molecule has 32 heavy (non-hydrogen) atoms. The van der Waals surface area contributed by atoms with Crippen molar-refractivity contribution in [2.75, 3.05) is 31.1 Å². The smallest absolute Gasteiger partial charge is 0.254 e. The molecule has 1 aliphatic heterocycles. The molecule has 0 aliphatic carbocycles. The molecule has 5 rings (SSSR count). The lowest BCUT2D eigenvalue weighted by atomic mass is 10.1. The molecule has 7 heteroatoms. The van der Waals surface area contributed by atoms with Crippen LogP contribution in [0.25, 0.3) is 22.3 Å². The van der Waals surface area contributed by atoms with E-state index in [0.717, 1.165) is 28.0 Å². The maximum atomic E-state index is 13.6. The Balaban J connectivity index is 1.44. The van der Waals surface area contributed by atoms with Crippen LogP contribution in [0.2, 0.25) is 0 Å². The van der Waals surface area contributed by atoms with Crippen LogP contribution in [0.1, 0.15) is 17.3 Å². The van der Waals surface area contributed by atoms with Gasteiger partial charge in [-0.05, 0) is 37.3 Å². The third-order valence-corrected chi connectivity index (χ3v) is 5.97. The predicted molar refractivity (Wildman–Crippen MR) is 123 cm³/mol. The highest BCUT2D eigenvalue weighted by molar-refractivity contribution is 6.06. The van der Waals surface area contributed by atoms with E-state index in [-0.39, 0.29) is 11.7 Å². The molecule has 1 fully saturated rings. The zero-order valence-electron chi connectivity index (χ0n) is 17.9. The zero-order chi connectivity index (χ0) is 22.1. The van der Waals surface area contributed by atoms with Gasteiger partial charge >= 0.3 is 0 Å². The maximum absolute atomic E-state index is 13.6. The lowest BCUT2D eigenvalue weighted by Crippen LogP contribution is -2.48. The number of pyridine rings is 1. The number of rotatable bonds is 4. The van der Waals surface area contributed by atoms with Crippen molar-refractivity contribution in [3.8, 4) is 11.3 Å². The van der Waals surface area contributed by atoms with Crippen molar-refractivity contribution < 1.29 is 9.18 Å². The second-order valence-electron chi connectivity index (χ2n) is 7.87. The van der Waals surface area contributed by atoms with E-state index in [2.05, 4.69) is 10.00 Å². The third kappa shape index (κ3) is 3.70. The Morgan fingerprint density at radius 3 is 2.41 bits per heavy atom. The Kier molecular flexibility index (Phi) is 5.31. The summed E-state index contributed by atoms with van der Waals surface area (Å²) < 4.78 is 15.1. The Labute approximate surface area is 185 Å². The summed E-state index contributed by atoms with van der Waals surface area (Å²) in [7, 11) is 0. The summed E-state index contributed by atoms with van der Waals surface area (Å²) in [5.74, 6) is -0.255. The zero-order valence-corrected chi connectivity index (χ0v) is 17.9. The van der Waals surface area contributed by atoms with Gasteiger partial charge in [0.25, 0.3) is 5.91 Å². The molecule has 0 N–H and O–H groups in total. The fourth-order valence-corrected chi connectivity index (χ4v) is 4.20. The second kappa shape index (κ2) is 8.42.